The normalized spacial score (nSPS) is 22.8. The second kappa shape index (κ2) is 6.15. The van der Waals surface area contributed by atoms with Gasteiger partial charge in [0.2, 0.25) is 0 Å². The largest absolute Gasteiger partial charge is 0.373 e. The van der Waals surface area contributed by atoms with Gasteiger partial charge in [0.25, 0.3) is 0 Å². The third-order valence-electron chi connectivity index (χ3n) is 4.92. The van der Waals surface area contributed by atoms with Gasteiger partial charge >= 0.3 is 0 Å². The summed E-state index contributed by atoms with van der Waals surface area (Å²) < 4.78 is 0. The number of anilines is 1. The van der Waals surface area contributed by atoms with Gasteiger partial charge in [0, 0.05) is 31.9 Å². The first kappa shape index (κ1) is 13.9. The van der Waals surface area contributed by atoms with Gasteiger partial charge in [0.15, 0.2) is 0 Å². The van der Waals surface area contributed by atoms with Crippen molar-refractivity contribution in [1.82, 2.24) is 10.2 Å². The summed E-state index contributed by atoms with van der Waals surface area (Å²) in [5, 5.41) is 3.47. The van der Waals surface area contributed by atoms with Gasteiger partial charge in [-0.25, -0.2) is 0 Å². The zero-order chi connectivity index (χ0) is 13.9. The van der Waals surface area contributed by atoms with Crippen molar-refractivity contribution in [3.63, 3.8) is 0 Å². The van der Waals surface area contributed by atoms with Crippen LogP contribution >= 0.6 is 0 Å². The molecule has 2 heterocycles. The summed E-state index contributed by atoms with van der Waals surface area (Å²) in [5.41, 5.74) is 4.50. The van der Waals surface area contributed by atoms with Crippen molar-refractivity contribution in [2.75, 3.05) is 38.1 Å². The lowest BCUT2D eigenvalue weighted by Gasteiger charge is -2.31. The van der Waals surface area contributed by atoms with Crippen LogP contribution in [-0.4, -0.2) is 44.2 Å². The number of hydrogen-bond donors (Lipinski definition) is 1. The highest BCUT2D eigenvalue weighted by molar-refractivity contribution is 5.57. The fraction of sp³-hybridized carbons (Fsp3) is 0.647. The maximum absolute atomic E-state index is 3.47. The van der Waals surface area contributed by atoms with E-state index in [2.05, 4.69) is 47.3 Å². The Kier molecular flexibility index (Phi) is 4.27. The molecule has 110 valence electrons. The van der Waals surface area contributed by atoms with Crippen molar-refractivity contribution in [2.45, 2.75) is 38.8 Å². The van der Waals surface area contributed by atoms with Gasteiger partial charge in [-0.3, -0.25) is 4.90 Å². The summed E-state index contributed by atoms with van der Waals surface area (Å²) in [6.07, 6.45) is 3.88. The van der Waals surface area contributed by atoms with Gasteiger partial charge < -0.3 is 10.2 Å². The molecule has 3 rings (SSSR count). The molecular weight excluding hydrogens is 246 g/mol. The number of likely N-dealkylation sites (tertiary alicyclic amines) is 1. The molecule has 0 saturated carbocycles. The van der Waals surface area contributed by atoms with Crippen molar-refractivity contribution >= 4 is 5.69 Å². The van der Waals surface area contributed by atoms with E-state index in [1.54, 1.807) is 5.56 Å². The molecular formula is C17H27N3. The summed E-state index contributed by atoms with van der Waals surface area (Å²) in [6, 6.07) is 7.52. The van der Waals surface area contributed by atoms with E-state index in [1.165, 1.54) is 37.2 Å². The van der Waals surface area contributed by atoms with Gasteiger partial charge in [-0.1, -0.05) is 19.1 Å². The van der Waals surface area contributed by atoms with E-state index >= 15 is 0 Å². The highest BCUT2D eigenvalue weighted by atomic mass is 15.2. The van der Waals surface area contributed by atoms with Crippen LogP contribution in [0.1, 0.15) is 30.9 Å². The third kappa shape index (κ3) is 2.70. The lowest BCUT2D eigenvalue weighted by molar-refractivity contribution is 0.270. The minimum absolute atomic E-state index is 0.738. The fourth-order valence-electron chi connectivity index (χ4n) is 3.80. The van der Waals surface area contributed by atoms with E-state index in [-0.39, 0.29) is 0 Å². The number of nitrogens with one attached hydrogen (secondary N) is 1. The number of hydrogen-bond acceptors (Lipinski definition) is 3. The van der Waals surface area contributed by atoms with E-state index < -0.39 is 0 Å². The van der Waals surface area contributed by atoms with Crippen LogP contribution in [0.25, 0.3) is 0 Å². The molecule has 0 aliphatic carbocycles. The first-order valence-corrected chi connectivity index (χ1v) is 8.06. The average Bonchev–Trinajstić information content (AvgIpc) is 2.93. The van der Waals surface area contributed by atoms with E-state index in [4.69, 9.17) is 0 Å². The highest BCUT2D eigenvalue weighted by Gasteiger charge is 2.25. The molecule has 1 atom stereocenters. The molecule has 3 nitrogen and oxygen atoms in total. The van der Waals surface area contributed by atoms with Crippen molar-refractivity contribution in [3.05, 3.63) is 29.3 Å². The van der Waals surface area contributed by atoms with Crippen LogP contribution in [0, 0.1) is 0 Å². The van der Waals surface area contributed by atoms with E-state index in [1.807, 2.05) is 0 Å². The molecule has 1 saturated heterocycles. The van der Waals surface area contributed by atoms with Crippen LogP contribution in [0.5, 0.6) is 0 Å². The molecule has 0 bridgehead atoms. The Morgan fingerprint density at radius 3 is 3.15 bits per heavy atom. The molecule has 2 aliphatic heterocycles. The maximum Gasteiger partial charge on any atom is 0.0400 e. The summed E-state index contributed by atoms with van der Waals surface area (Å²) in [7, 11) is 2.27. The first-order chi connectivity index (χ1) is 9.79. The van der Waals surface area contributed by atoms with Crippen LogP contribution in [0.4, 0.5) is 5.69 Å². The monoisotopic (exact) mass is 273 g/mol. The third-order valence-corrected chi connectivity index (χ3v) is 4.92. The standard InChI is InChI=1S/C17H27N3/c1-3-20-11-5-7-15(20)13-19(2)17-8-4-6-14-12-18-10-9-16(14)17/h4,6,8,15,18H,3,5,7,9-13H2,1-2H3. The summed E-state index contributed by atoms with van der Waals surface area (Å²) >= 11 is 0. The molecule has 0 amide bonds. The predicted molar refractivity (Wildman–Crippen MR) is 85.4 cm³/mol. The molecule has 1 aromatic carbocycles. The molecule has 0 aromatic heterocycles. The van der Waals surface area contributed by atoms with Crippen molar-refractivity contribution in [3.8, 4) is 0 Å². The van der Waals surface area contributed by atoms with Crippen LogP contribution in [-0.2, 0) is 13.0 Å². The minimum atomic E-state index is 0.738. The van der Waals surface area contributed by atoms with Gasteiger partial charge in [0.1, 0.15) is 0 Å². The van der Waals surface area contributed by atoms with Crippen LogP contribution in [0.3, 0.4) is 0 Å². The maximum atomic E-state index is 3.47. The lowest BCUT2D eigenvalue weighted by atomic mass is 9.98. The number of nitrogens with zero attached hydrogens (tertiary/aromatic N) is 2. The first-order valence-electron chi connectivity index (χ1n) is 8.06. The van der Waals surface area contributed by atoms with E-state index in [9.17, 15) is 0 Å². The van der Waals surface area contributed by atoms with E-state index in [0.717, 1.165) is 32.1 Å². The second-order valence-electron chi connectivity index (χ2n) is 6.15. The van der Waals surface area contributed by atoms with Crippen LogP contribution < -0.4 is 10.2 Å². The molecule has 1 N–H and O–H groups in total. The van der Waals surface area contributed by atoms with E-state index in [0.29, 0.717) is 0 Å². The zero-order valence-electron chi connectivity index (χ0n) is 12.9. The Morgan fingerprint density at radius 2 is 2.30 bits per heavy atom. The summed E-state index contributed by atoms with van der Waals surface area (Å²) in [4.78, 5) is 5.12. The molecule has 1 fully saturated rings. The Balaban J connectivity index is 1.75. The van der Waals surface area contributed by atoms with Crippen molar-refractivity contribution in [1.29, 1.82) is 0 Å². The van der Waals surface area contributed by atoms with Crippen LogP contribution in [0.2, 0.25) is 0 Å². The minimum Gasteiger partial charge on any atom is -0.373 e. The zero-order valence-corrected chi connectivity index (χ0v) is 12.9. The number of rotatable bonds is 4. The molecule has 3 heteroatoms. The van der Waals surface area contributed by atoms with Gasteiger partial charge in [-0.2, -0.15) is 0 Å². The molecule has 1 unspecified atom stereocenters. The highest BCUT2D eigenvalue weighted by Crippen LogP contribution is 2.27. The molecule has 0 radical (unpaired) electrons. The molecule has 20 heavy (non-hydrogen) atoms. The predicted octanol–water partition coefficient (Wildman–Crippen LogP) is 2.25. The van der Waals surface area contributed by atoms with Crippen molar-refractivity contribution in [2.24, 2.45) is 0 Å². The summed E-state index contributed by atoms with van der Waals surface area (Å²) in [6.45, 7) is 8.07. The van der Waals surface area contributed by atoms with Gasteiger partial charge in [-0.05, 0) is 56.1 Å². The number of fused-ring (bicyclic) bond motifs is 1. The van der Waals surface area contributed by atoms with Crippen molar-refractivity contribution < 1.29 is 0 Å². The number of likely N-dealkylation sites (N-methyl/N-ethyl adjacent to an activating group) is 2. The quantitative estimate of drug-likeness (QED) is 0.908. The SMILES string of the molecule is CCN1CCCC1CN(C)c1cccc2c1CCNC2. The topological polar surface area (TPSA) is 18.5 Å². The molecule has 2 aliphatic rings. The Bertz CT molecular complexity index is 458. The Morgan fingerprint density at radius 1 is 1.40 bits per heavy atom. The molecule has 1 aromatic rings. The van der Waals surface area contributed by atoms with Gasteiger partial charge in [0.05, 0.1) is 0 Å². The number of benzene rings is 1. The average molecular weight is 273 g/mol. The Hall–Kier alpha value is -1.06. The second-order valence-corrected chi connectivity index (χ2v) is 6.15. The fourth-order valence-corrected chi connectivity index (χ4v) is 3.80. The smallest absolute Gasteiger partial charge is 0.0400 e. The van der Waals surface area contributed by atoms with Crippen LogP contribution in [0.15, 0.2) is 18.2 Å². The molecule has 0 spiro atoms. The Labute approximate surface area is 123 Å². The lowest BCUT2D eigenvalue weighted by Crippen LogP contribution is -2.39. The van der Waals surface area contributed by atoms with Gasteiger partial charge in [-0.15, -0.1) is 0 Å². The summed E-state index contributed by atoms with van der Waals surface area (Å²) in [5.74, 6) is 0.